The van der Waals surface area contributed by atoms with Crippen molar-refractivity contribution in [1.29, 1.82) is 0 Å². The van der Waals surface area contributed by atoms with E-state index in [1.54, 1.807) is 7.05 Å². The summed E-state index contributed by atoms with van der Waals surface area (Å²) in [6.45, 7) is 3.95. The number of carbonyl (C=O) groups is 1. The molecule has 24 heavy (non-hydrogen) atoms. The summed E-state index contributed by atoms with van der Waals surface area (Å²) in [7, 11) is 1.73. The molecule has 2 rings (SSSR count). The quantitative estimate of drug-likeness (QED) is 0.344. The highest BCUT2D eigenvalue weighted by Crippen LogP contribution is 2.42. The first kappa shape index (κ1) is 20.7. The summed E-state index contributed by atoms with van der Waals surface area (Å²) in [6.07, 6.45) is 5.08. The van der Waals surface area contributed by atoms with Gasteiger partial charge in [0.2, 0.25) is 5.91 Å². The number of carbonyl (C=O) groups excluding carboxylic acids is 1. The van der Waals surface area contributed by atoms with Crippen LogP contribution in [0.4, 0.5) is 0 Å². The predicted octanol–water partition coefficient (Wildman–Crippen LogP) is 2.67. The lowest BCUT2D eigenvalue weighted by molar-refractivity contribution is -0.120. The van der Waals surface area contributed by atoms with Crippen molar-refractivity contribution in [3.8, 4) is 0 Å². The SMILES string of the molecule is CCC1(CNC(=NC)NCC(=O)NCc2ccccc2)CCC1.I. The van der Waals surface area contributed by atoms with Gasteiger partial charge in [0.15, 0.2) is 5.96 Å². The van der Waals surface area contributed by atoms with Crippen LogP contribution >= 0.6 is 24.0 Å². The lowest BCUT2D eigenvalue weighted by Gasteiger charge is -2.41. The molecule has 0 aliphatic heterocycles. The molecule has 1 aromatic carbocycles. The molecular weight excluding hydrogens is 415 g/mol. The molecule has 6 heteroatoms. The van der Waals surface area contributed by atoms with E-state index < -0.39 is 0 Å². The molecule has 0 bridgehead atoms. The minimum Gasteiger partial charge on any atom is -0.356 e. The van der Waals surface area contributed by atoms with Crippen LogP contribution in [0.1, 0.15) is 38.2 Å². The molecule has 0 unspecified atom stereocenters. The van der Waals surface area contributed by atoms with Crippen molar-refractivity contribution < 1.29 is 4.79 Å². The van der Waals surface area contributed by atoms with E-state index in [1.807, 2.05) is 30.3 Å². The Morgan fingerprint density at radius 2 is 1.88 bits per heavy atom. The lowest BCUT2D eigenvalue weighted by Crippen LogP contribution is -2.48. The Balaban J connectivity index is 0.00000288. The van der Waals surface area contributed by atoms with Crippen LogP contribution in [0.25, 0.3) is 0 Å². The van der Waals surface area contributed by atoms with E-state index in [0.717, 1.165) is 12.1 Å². The summed E-state index contributed by atoms with van der Waals surface area (Å²) in [4.78, 5) is 16.1. The van der Waals surface area contributed by atoms with Crippen LogP contribution in [-0.2, 0) is 11.3 Å². The van der Waals surface area contributed by atoms with Crippen molar-refractivity contribution in [3.63, 3.8) is 0 Å². The molecule has 5 nitrogen and oxygen atoms in total. The summed E-state index contributed by atoms with van der Waals surface area (Å²) >= 11 is 0. The maximum absolute atomic E-state index is 11.9. The van der Waals surface area contributed by atoms with Gasteiger partial charge in [-0.05, 0) is 30.2 Å². The van der Waals surface area contributed by atoms with Crippen LogP contribution in [0, 0.1) is 5.41 Å². The van der Waals surface area contributed by atoms with Crippen LogP contribution in [0.15, 0.2) is 35.3 Å². The lowest BCUT2D eigenvalue weighted by atomic mass is 9.67. The zero-order valence-electron chi connectivity index (χ0n) is 14.6. The first-order chi connectivity index (χ1) is 11.2. The first-order valence-corrected chi connectivity index (χ1v) is 8.42. The van der Waals surface area contributed by atoms with Crippen molar-refractivity contribution in [2.75, 3.05) is 20.1 Å². The molecule has 1 amide bonds. The fourth-order valence-electron chi connectivity index (χ4n) is 2.85. The monoisotopic (exact) mass is 444 g/mol. The highest BCUT2D eigenvalue weighted by Gasteiger charge is 2.34. The van der Waals surface area contributed by atoms with Crippen molar-refractivity contribution in [2.45, 2.75) is 39.2 Å². The number of amides is 1. The van der Waals surface area contributed by atoms with E-state index in [-0.39, 0.29) is 36.4 Å². The molecule has 1 fully saturated rings. The number of aliphatic imine (C=N–C) groups is 1. The molecule has 0 aromatic heterocycles. The van der Waals surface area contributed by atoms with Crippen molar-refractivity contribution in [3.05, 3.63) is 35.9 Å². The van der Waals surface area contributed by atoms with Gasteiger partial charge in [0.1, 0.15) is 0 Å². The largest absolute Gasteiger partial charge is 0.356 e. The molecule has 134 valence electrons. The summed E-state index contributed by atoms with van der Waals surface area (Å²) in [5.41, 5.74) is 1.52. The summed E-state index contributed by atoms with van der Waals surface area (Å²) in [5.74, 6) is 0.658. The number of guanidine groups is 1. The third kappa shape index (κ3) is 6.30. The highest BCUT2D eigenvalue weighted by atomic mass is 127. The topological polar surface area (TPSA) is 65.5 Å². The molecule has 0 saturated heterocycles. The second-order valence-electron chi connectivity index (χ2n) is 6.25. The van der Waals surface area contributed by atoms with E-state index in [2.05, 4.69) is 27.9 Å². The smallest absolute Gasteiger partial charge is 0.239 e. The van der Waals surface area contributed by atoms with Crippen molar-refractivity contribution >= 4 is 35.8 Å². The standard InChI is InChI=1S/C18H28N4O.HI/c1-3-18(10-7-11-18)14-22-17(19-2)21-13-16(23)20-12-15-8-5-4-6-9-15;/h4-6,8-9H,3,7,10-14H2,1-2H3,(H,20,23)(H2,19,21,22);1H. The molecule has 1 saturated carbocycles. The predicted molar refractivity (Wildman–Crippen MR) is 110 cm³/mol. The average molecular weight is 444 g/mol. The van der Waals surface area contributed by atoms with E-state index >= 15 is 0 Å². The van der Waals surface area contributed by atoms with Gasteiger partial charge >= 0.3 is 0 Å². The number of nitrogens with one attached hydrogen (secondary N) is 3. The third-order valence-electron chi connectivity index (χ3n) is 4.77. The maximum Gasteiger partial charge on any atom is 0.239 e. The van der Waals surface area contributed by atoms with E-state index in [4.69, 9.17) is 0 Å². The molecule has 0 radical (unpaired) electrons. The van der Waals surface area contributed by atoms with Gasteiger partial charge in [-0.2, -0.15) is 0 Å². The molecule has 1 aliphatic rings. The van der Waals surface area contributed by atoms with Gasteiger partial charge in [-0.1, -0.05) is 43.7 Å². The van der Waals surface area contributed by atoms with Crippen LogP contribution in [0.2, 0.25) is 0 Å². The number of rotatable bonds is 7. The average Bonchev–Trinajstić information content (AvgIpc) is 2.56. The molecule has 1 aromatic rings. The van der Waals surface area contributed by atoms with Gasteiger partial charge in [-0.3, -0.25) is 9.79 Å². The van der Waals surface area contributed by atoms with Gasteiger partial charge in [0.05, 0.1) is 6.54 Å². The normalized spacial score (nSPS) is 15.7. The van der Waals surface area contributed by atoms with Crippen LogP contribution in [0.5, 0.6) is 0 Å². The fraction of sp³-hybridized carbons (Fsp3) is 0.556. The van der Waals surface area contributed by atoms with Crippen LogP contribution in [-0.4, -0.2) is 32.0 Å². The Morgan fingerprint density at radius 1 is 1.17 bits per heavy atom. The molecule has 0 heterocycles. The summed E-state index contributed by atoms with van der Waals surface area (Å²) in [5, 5.41) is 9.33. The minimum absolute atomic E-state index is 0. The van der Waals surface area contributed by atoms with E-state index in [1.165, 1.54) is 25.7 Å². The second kappa shape index (κ2) is 10.5. The summed E-state index contributed by atoms with van der Waals surface area (Å²) < 4.78 is 0. The summed E-state index contributed by atoms with van der Waals surface area (Å²) in [6, 6.07) is 9.90. The molecule has 0 spiro atoms. The highest BCUT2D eigenvalue weighted by molar-refractivity contribution is 14.0. The molecule has 3 N–H and O–H groups in total. The van der Waals surface area contributed by atoms with Crippen molar-refractivity contribution in [1.82, 2.24) is 16.0 Å². The van der Waals surface area contributed by atoms with E-state index in [9.17, 15) is 4.79 Å². The van der Waals surface area contributed by atoms with Crippen LogP contribution in [0.3, 0.4) is 0 Å². The number of benzene rings is 1. The number of hydrogen-bond donors (Lipinski definition) is 3. The van der Waals surface area contributed by atoms with Gasteiger partial charge in [0, 0.05) is 20.1 Å². The van der Waals surface area contributed by atoms with Gasteiger partial charge < -0.3 is 16.0 Å². The Labute approximate surface area is 162 Å². The number of nitrogens with zero attached hydrogens (tertiary/aromatic N) is 1. The molecule has 0 atom stereocenters. The second-order valence-corrected chi connectivity index (χ2v) is 6.25. The molecular formula is C18H29IN4O. The van der Waals surface area contributed by atoms with Gasteiger partial charge in [0.25, 0.3) is 0 Å². The van der Waals surface area contributed by atoms with Crippen LogP contribution < -0.4 is 16.0 Å². The third-order valence-corrected chi connectivity index (χ3v) is 4.77. The fourth-order valence-corrected chi connectivity index (χ4v) is 2.85. The minimum atomic E-state index is -0.0364. The van der Waals surface area contributed by atoms with Gasteiger partial charge in [-0.25, -0.2) is 0 Å². The Hall–Kier alpha value is -1.31. The zero-order valence-corrected chi connectivity index (χ0v) is 16.9. The Kier molecular flexibility index (Phi) is 9.10. The molecule has 1 aliphatic carbocycles. The van der Waals surface area contributed by atoms with E-state index in [0.29, 0.717) is 17.9 Å². The van der Waals surface area contributed by atoms with Gasteiger partial charge in [-0.15, -0.1) is 24.0 Å². The number of halogens is 1. The first-order valence-electron chi connectivity index (χ1n) is 8.42. The van der Waals surface area contributed by atoms with Crippen molar-refractivity contribution in [2.24, 2.45) is 10.4 Å². The Bertz CT molecular complexity index is 524. The zero-order chi connectivity index (χ0) is 16.5. The Morgan fingerprint density at radius 3 is 2.42 bits per heavy atom. The number of hydrogen-bond acceptors (Lipinski definition) is 2. The maximum atomic E-state index is 11.9.